The Hall–Kier alpha value is -1.10. The molecule has 0 saturated heterocycles. The number of hydrogen-bond donors (Lipinski definition) is 1. The molecule has 1 aliphatic heterocycles. The second-order valence-electron chi connectivity index (χ2n) is 3.60. The van der Waals surface area contributed by atoms with Crippen LogP contribution in [0.15, 0.2) is 0 Å². The van der Waals surface area contributed by atoms with E-state index in [1.165, 1.54) is 0 Å². The van der Waals surface area contributed by atoms with Gasteiger partial charge in [-0.25, -0.2) is 4.98 Å². The highest BCUT2D eigenvalue weighted by Crippen LogP contribution is 2.32. The SMILES string of the molecule is Cc1nc2c(s1)CC(C(=O)O)CN2C. The van der Waals surface area contributed by atoms with E-state index in [2.05, 4.69) is 4.98 Å². The predicted octanol–water partition coefficient (Wildman–Crippen LogP) is 1.14. The largest absolute Gasteiger partial charge is 0.481 e. The summed E-state index contributed by atoms with van der Waals surface area (Å²) in [5, 5.41) is 9.95. The summed E-state index contributed by atoms with van der Waals surface area (Å²) in [4.78, 5) is 18.3. The highest BCUT2D eigenvalue weighted by molar-refractivity contribution is 7.12. The third-order valence-electron chi connectivity index (χ3n) is 2.42. The van der Waals surface area contributed by atoms with Gasteiger partial charge in [0.15, 0.2) is 0 Å². The van der Waals surface area contributed by atoms with Crippen LogP contribution in [0.2, 0.25) is 0 Å². The monoisotopic (exact) mass is 212 g/mol. The molecule has 0 bridgehead atoms. The molecular weight excluding hydrogens is 200 g/mol. The number of carboxylic acids is 1. The number of nitrogens with zero attached hydrogens (tertiary/aromatic N) is 2. The molecule has 4 nitrogen and oxygen atoms in total. The first-order valence-electron chi connectivity index (χ1n) is 4.48. The van der Waals surface area contributed by atoms with E-state index in [4.69, 9.17) is 5.11 Å². The Kier molecular flexibility index (Phi) is 2.19. The normalized spacial score (nSPS) is 20.7. The number of hydrogen-bond acceptors (Lipinski definition) is 4. The van der Waals surface area contributed by atoms with Crippen LogP contribution in [0.25, 0.3) is 0 Å². The van der Waals surface area contributed by atoms with Crippen LogP contribution in [-0.2, 0) is 11.2 Å². The van der Waals surface area contributed by atoms with Crippen LogP contribution in [0.3, 0.4) is 0 Å². The lowest BCUT2D eigenvalue weighted by molar-refractivity contribution is -0.141. The van der Waals surface area contributed by atoms with Crippen molar-refractivity contribution in [1.82, 2.24) is 4.98 Å². The standard InChI is InChI=1S/C9H12N2O2S/c1-5-10-8-7(14-5)3-6(9(12)13)4-11(8)2/h6H,3-4H2,1-2H3,(H,12,13). The van der Waals surface area contributed by atoms with E-state index in [0.717, 1.165) is 15.7 Å². The van der Waals surface area contributed by atoms with E-state index in [9.17, 15) is 4.79 Å². The lowest BCUT2D eigenvalue weighted by Gasteiger charge is -2.27. The Morgan fingerprint density at radius 2 is 2.43 bits per heavy atom. The minimum atomic E-state index is -0.714. The van der Waals surface area contributed by atoms with E-state index >= 15 is 0 Å². The van der Waals surface area contributed by atoms with Crippen molar-refractivity contribution in [2.45, 2.75) is 13.3 Å². The number of rotatable bonds is 1. The summed E-state index contributed by atoms with van der Waals surface area (Å²) in [5.41, 5.74) is 0. The highest BCUT2D eigenvalue weighted by Gasteiger charge is 2.29. The van der Waals surface area contributed by atoms with Gasteiger partial charge >= 0.3 is 5.97 Å². The molecule has 76 valence electrons. The number of aromatic nitrogens is 1. The van der Waals surface area contributed by atoms with Crippen LogP contribution >= 0.6 is 11.3 Å². The first-order chi connectivity index (χ1) is 6.58. The fourth-order valence-corrected chi connectivity index (χ4v) is 2.83. The Morgan fingerprint density at radius 3 is 3.07 bits per heavy atom. The zero-order valence-corrected chi connectivity index (χ0v) is 8.97. The molecule has 2 rings (SSSR count). The maximum atomic E-state index is 10.9. The Labute approximate surface area is 86.2 Å². The van der Waals surface area contributed by atoms with Gasteiger partial charge in [0, 0.05) is 24.9 Å². The third-order valence-corrected chi connectivity index (χ3v) is 3.40. The van der Waals surface area contributed by atoms with Crippen molar-refractivity contribution in [3.8, 4) is 0 Å². The van der Waals surface area contributed by atoms with Crippen molar-refractivity contribution in [3.05, 3.63) is 9.88 Å². The second kappa shape index (κ2) is 3.24. The topological polar surface area (TPSA) is 53.4 Å². The maximum Gasteiger partial charge on any atom is 0.308 e. The molecule has 14 heavy (non-hydrogen) atoms. The smallest absolute Gasteiger partial charge is 0.308 e. The lowest BCUT2D eigenvalue weighted by atomic mass is 10.0. The van der Waals surface area contributed by atoms with Crippen molar-refractivity contribution in [2.24, 2.45) is 5.92 Å². The van der Waals surface area contributed by atoms with Crippen molar-refractivity contribution < 1.29 is 9.90 Å². The van der Waals surface area contributed by atoms with E-state index in [0.29, 0.717) is 13.0 Å². The zero-order chi connectivity index (χ0) is 10.3. The van der Waals surface area contributed by atoms with Gasteiger partial charge in [-0.05, 0) is 6.92 Å². The van der Waals surface area contributed by atoms with Gasteiger partial charge in [0.2, 0.25) is 0 Å². The summed E-state index contributed by atoms with van der Waals surface area (Å²) >= 11 is 1.60. The number of thiazole rings is 1. The van der Waals surface area contributed by atoms with Crippen LogP contribution in [0.5, 0.6) is 0 Å². The molecule has 0 fully saturated rings. The molecule has 1 atom stereocenters. The summed E-state index contributed by atoms with van der Waals surface area (Å²) < 4.78 is 0. The number of anilines is 1. The van der Waals surface area contributed by atoms with Gasteiger partial charge in [0.1, 0.15) is 5.82 Å². The molecule has 1 aromatic heterocycles. The minimum Gasteiger partial charge on any atom is -0.481 e. The van der Waals surface area contributed by atoms with Gasteiger partial charge in [-0.2, -0.15) is 0 Å². The van der Waals surface area contributed by atoms with E-state index in [1.54, 1.807) is 11.3 Å². The summed E-state index contributed by atoms with van der Waals surface area (Å²) in [7, 11) is 1.90. The summed E-state index contributed by atoms with van der Waals surface area (Å²) in [6.45, 7) is 2.51. The highest BCUT2D eigenvalue weighted by atomic mass is 32.1. The molecule has 1 unspecified atom stereocenters. The first-order valence-corrected chi connectivity index (χ1v) is 5.30. The fourth-order valence-electron chi connectivity index (χ4n) is 1.76. The number of carboxylic acid groups (broad SMARTS) is 1. The summed E-state index contributed by atoms with van der Waals surface area (Å²) in [6, 6.07) is 0. The molecule has 0 radical (unpaired) electrons. The quantitative estimate of drug-likeness (QED) is 0.758. The lowest BCUT2D eigenvalue weighted by Crippen LogP contribution is -2.36. The van der Waals surface area contributed by atoms with Gasteiger partial charge in [0.25, 0.3) is 0 Å². The number of aryl methyl sites for hydroxylation is 1. The average Bonchev–Trinajstić information content (AvgIpc) is 2.45. The van der Waals surface area contributed by atoms with Crippen molar-refractivity contribution >= 4 is 23.1 Å². The summed E-state index contributed by atoms with van der Waals surface area (Å²) in [6.07, 6.45) is 0.626. The minimum absolute atomic E-state index is 0.285. The molecule has 0 aliphatic carbocycles. The summed E-state index contributed by atoms with van der Waals surface area (Å²) in [5.74, 6) is -0.0362. The predicted molar refractivity (Wildman–Crippen MR) is 55.0 cm³/mol. The molecule has 0 saturated carbocycles. The van der Waals surface area contributed by atoms with E-state index < -0.39 is 5.97 Å². The van der Waals surface area contributed by atoms with Gasteiger partial charge in [-0.3, -0.25) is 4.79 Å². The van der Waals surface area contributed by atoms with Crippen LogP contribution in [-0.4, -0.2) is 29.7 Å². The number of fused-ring (bicyclic) bond motifs is 1. The van der Waals surface area contributed by atoms with Gasteiger partial charge < -0.3 is 10.0 Å². The Morgan fingerprint density at radius 1 is 1.71 bits per heavy atom. The molecule has 2 heterocycles. The maximum absolute atomic E-state index is 10.9. The van der Waals surface area contributed by atoms with Crippen LogP contribution in [0.4, 0.5) is 5.82 Å². The molecule has 1 N–H and O–H groups in total. The molecule has 0 spiro atoms. The molecule has 0 aromatic carbocycles. The Balaban J connectivity index is 2.32. The number of aliphatic carboxylic acids is 1. The van der Waals surface area contributed by atoms with Gasteiger partial charge in [-0.1, -0.05) is 0 Å². The van der Waals surface area contributed by atoms with Crippen LogP contribution in [0, 0.1) is 12.8 Å². The van der Waals surface area contributed by atoms with Crippen LogP contribution in [0.1, 0.15) is 9.88 Å². The fraction of sp³-hybridized carbons (Fsp3) is 0.556. The zero-order valence-electron chi connectivity index (χ0n) is 8.15. The van der Waals surface area contributed by atoms with E-state index in [-0.39, 0.29) is 5.92 Å². The molecular formula is C9H12N2O2S. The van der Waals surface area contributed by atoms with E-state index in [1.807, 2.05) is 18.9 Å². The van der Waals surface area contributed by atoms with Crippen LogP contribution < -0.4 is 4.90 Å². The molecule has 5 heteroatoms. The number of carbonyl (C=O) groups is 1. The average molecular weight is 212 g/mol. The van der Waals surface area contributed by atoms with Gasteiger partial charge in [-0.15, -0.1) is 11.3 Å². The third kappa shape index (κ3) is 1.48. The Bertz CT molecular complexity index is 375. The van der Waals surface area contributed by atoms with Crippen molar-refractivity contribution in [1.29, 1.82) is 0 Å². The first kappa shape index (κ1) is 9.45. The molecule has 1 aliphatic rings. The molecule has 0 amide bonds. The molecule has 1 aromatic rings. The van der Waals surface area contributed by atoms with Crippen molar-refractivity contribution in [2.75, 3.05) is 18.5 Å². The van der Waals surface area contributed by atoms with Crippen molar-refractivity contribution in [3.63, 3.8) is 0 Å². The second-order valence-corrected chi connectivity index (χ2v) is 4.89. The van der Waals surface area contributed by atoms with Gasteiger partial charge in [0.05, 0.1) is 10.9 Å².